The monoisotopic (exact) mass is 749 g/mol. The molecule has 0 saturated carbocycles. The fourth-order valence-electron chi connectivity index (χ4n) is 8.68. The Hall–Kier alpha value is -6.66. The van der Waals surface area contributed by atoms with Gasteiger partial charge in [0.1, 0.15) is 12.0 Å². The standard InChI is InChI=1S/C51H31N3S2/c1-2-11-30(12-3-1)49-52-50(32-23-26-45-43(28-32)40-17-8-9-19-44(40)55-45)54-51(53-49)33-22-25-41-47(29-33)56-46-20-10-18-34(48(41)46)31-21-24-39-37-15-5-4-13-35(37)36-14-6-7-16-38(36)42(39)27-31/h1-29,51H,(H,52,53,54). The van der Waals surface area contributed by atoms with E-state index in [1.165, 1.54) is 83.8 Å². The number of nitrogens with zero attached hydrogens (tertiary/aromatic N) is 2. The van der Waals surface area contributed by atoms with E-state index in [0.29, 0.717) is 0 Å². The zero-order chi connectivity index (χ0) is 36.7. The van der Waals surface area contributed by atoms with Crippen molar-refractivity contribution in [1.82, 2.24) is 5.32 Å². The molecule has 1 atom stereocenters. The Kier molecular flexibility index (Phi) is 7.03. The van der Waals surface area contributed by atoms with Gasteiger partial charge in [0.25, 0.3) is 0 Å². The molecule has 0 fully saturated rings. The molecule has 262 valence electrons. The molecule has 56 heavy (non-hydrogen) atoms. The minimum Gasteiger partial charge on any atom is -0.344 e. The van der Waals surface area contributed by atoms with Crippen molar-refractivity contribution in [3.05, 3.63) is 193 Å². The average molecular weight is 750 g/mol. The van der Waals surface area contributed by atoms with Crippen molar-refractivity contribution in [2.75, 3.05) is 0 Å². The molecule has 1 aliphatic rings. The Morgan fingerprint density at radius 1 is 0.393 bits per heavy atom. The van der Waals surface area contributed by atoms with Gasteiger partial charge in [-0.1, -0.05) is 133 Å². The first kappa shape index (κ1) is 31.7. The number of aliphatic imine (C=N–C) groups is 2. The van der Waals surface area contributed by atoms with Crippen molar-refractivity contribution in [3.8, 4) is 11.1 Å². The van der Waals surface area contributed by atoms with Crippen LogP contribution in [0.5, 0.6) is 0 Å². The molecule has 0 bridgehead atoms. The number of rotatable bonds is 4. The molecule has 11 aromatic rings. The molecule has 1 aliphatic heterocycles. The summed E-state index contributed by atoms with van der Waals surface area (Å²) in [7, 11) is 0. The third kappa shape index (κ3) is 4.95. The Morgan fingerprint density at radius 3 is 1.80 bits per heavy atom. The lowest BCUT2D eigenvalue weighted by atomic mass is 9.91. The number of amidine groups is 2. The number of benzene rings is 9. The second kappa shape index (κ2) is 12.4. The second-order valence-corrected chi connectivity index (χ2v) is 16.7. The topological polar surface area (TPSA) is 36.8 Å². The quantitative estimate of drug-likeness (QED) is 0.179. The molecule has 1 N–H and O–H groups in total. The molecule has 0 spiro atoms. The van der Waals surface area contributed by atoms with Crippen LogP contribution in [0.1, 0.15) is 22.9 Å². The number of hydrogen-bond donors (Lipinski definition) is 1. The summed E-state index contributed by atoms with van der Waals surface area (Å²) in [6, 6.07) is 63.9. The molecule has 12 rings (SSSR count). The molecular weight excluding hydrogens is 719 g/mol. The molecule has 3 nitrogen and oxygen atoms in total. The van der Waals surface area contributed by atoms with Gasteiger partial charge >= 0.3 is 0 Å². The van der Waals surface area contributed by atoms with Crippen LogP contribution in [0.25, 0.3) is 83.8 Å². The highest BCUT2D eigenvalue weighted by atomic mass is 32.1. The first-order chi connectivity index (χ1) is 27.7. The Morgan fingerprint density at radius 2 is 1.00 bits per heavy atom. The second-order valence-electron chi connectivity index (χ2n) is 14.5. The average Bonchev–Trinajstić information content (AvgIpc) is 3.84. The van der Waals surface area contributed by atoms with Gasteiger partial charge in [-0.2, -0.15) is 0 Å². The van der Waals surface area contributed by atoms with Crippen molar-refractivity contribution in [2.24, 2.45) is 9.98 Å². The third-order valence-corrected chi connectivity index (χ3v) is 13.6. The third-order valence-electron chi connectivity index (χ3n) is 11.3. The maximum Gasteiger partial charge on any atom is 0.159 e. The molecule has 0 saturated heterocycles. The smallest absolute Gasteiger partial charge is 0.159 e. The highest BCUT2D eigenvalue weighted by Crippen LogP contribution is 2.43. The van der Waals surface area contributed by atoms with Crippen molar-refractivity contribution >= 4 is 107 Å². The summed E-state index contributed by atoms with van der Waals surface area (Å²) >= 11 is 3.68. The number of hydrogen-bond acceptors (Lipinski definition) is 5. The largest absolute Gasteiger partial charge is 0.344 e. The Labute approximate surface area is 330 Å². The zero-order valence-corrected chi connectivity index (χ0v) is 31.7. The maximum atomic E-state index is 5.23. The lowest BCUT2D eigenvalue weighted by molar-refractivity contribution is 0.675. The lowest BCUT2D eigenvalue weighted by Gasteiger charge is -2.24. The van der Waals surface area contributed by atoms with Crippen LogP contribution in [0.15, 0.2) is 186 Å². The zero-order valence-electron chi connectivity index (χ0n) is 30.0. The molecule has 9 aromatic carbocycles. The first-order valence-electron chi connectivity index (χ1n) is 18.9. The highest BCUT2D eigenvalue weighted by molar-refractivity contribution is 7.26. The molecule has 3 heterocycles. The normalized spacial score (nSPS) is 14.6. The first-order valence-corrected chi connectivity index (χ1v) is 20.6. The van der Waals surface area contributed by atoms with Crippen molar-refractivity contribution < 1.29 is 0 Å². The van der Waals surface area contributed by atoms with E-state index in [0.717, 1.165) is 28.4 Å². The van der Waals surface area contributed by atoms with E-state index in [1.54, 1.807) is 0 Å². The van der Waals surface area contributed by atoms with Crippen LogP contribution in [0.4, 0.5) is 0 Å². The van der Waals surface area contributed by atoms with Crippen LogP contribution in [0.3, 0.4) is 0 Å². The van der Waals surface area contributed by atoms with E-state index in [4.69, 9.17) is 9.98 Å². The van der Waals surface area contributed by atoms with E-state index < -0.39 is 0 Å². The minimum absolute atomic E-state index is 0.301. The summed E-state index contributed by atoms with van der Waals surface area (Å²) in [5.74, 6) is 1.56. The molecule has 1 unspecified atom stereocenters. The molecule has 0 amide bonds. The summed E-state index contributed by atoms with van der Waals surface area (Å²) in [4.78, 5) is 10.4. The van der Waals surface area contributed by atoms with Crippen LogP contribution < -0.4 is 5.32 Å². The summed E-state index contributed by atoms with van der Waals surface area (Å²) in [5, 5.41) is 16.6. The predicted octanol–water partition coefficient (Wildman–Crippen LogP) is 14.0. The maximum absolute atomic E-state index is 5.23. The van der Waals surface area contributed by atoms with Gasteiger partial charge in [-0.3, -0.25) is 0 Å². The van der Waals surface area contributed by atoms with Crippen LogP contribution in [0, 0.1) is 0 Å². The highest BCUT2D eigenvalue weighted by Gasteiger charge is 2.23. The molecule has 2 aromatic heterocycles. The van der Waals surface area contributed by atoms with Crippen LogP contribution in [-0.4, -0.2) is 11.7 Å². The van der Waals surface area contributed by atoms with Gasteiger partial charge in [-0.05, 0) is 91.5 Å². The minimum atomic E-state index is -0.301. The van der Waals surface area contributed by atoms with Gasteiger partial charge < -0.3 is 5.32 Å². The van der Waals surface area contributed by atoms with Gasteiger partial charge in [0.15, 0.2) is 5.84 Å². The van der Waals surface area contributed by atoms with Gasteiger partial charge in [0.05, 0.1) is 0 Å². The van der Waals surface area contributed by atoms with E-state index in [1.807, 2.05) is 28.7 Å². The number of thiophene rings is 2. The van der Waals surface area contributed by atoms with Crippen molar-refractivity contribution in [2.45, 2.75) is 6.17 Å². The lowest BCUT2D eigenvalue weighted by Crippen LogP contribution is -2.33. The van der Waals surface area contributed by atoms with E-state index in [2.05, 4.69) is 175 Å². The number of nitrogens with one attached hydrogen (secondary N) is 1. The van der Waals surface area contributed by atoms with Crippen LogP contribution in [0.2, 0.25) is 0 Å². The SMILES string of the molecule is c1ccc(C2=NC(c3ccc4c(c3)sc3cccc(-c5ccc6c7ccccc7c7ccccc7c6c5)c34)NC(c3ccc4sc5ccccc5c4c3)=N2)cc1. The van der Waals surface area contributed by atoms with E-state index >= 15 is 0 Å². The molecule has 5 heteroatoms. The van der Waals surface area contributed by atoms with Crippen molar-refractivity contribution in [1.29, 1.82) is 0 Å². The fraction of sp³-hybridized carbons (Fsp3) is 0.0196. The molecule has 0 aliphatic carbocycles. The fourth-order valence-corrected chi connectivity index (χ4v) is 11.0. The summed E-state index contributed by atoms with van der Waals surface area (Å²) in [6.45, 7) is 0. The van der Waals surface area contributed by atoms with E-state index in [9.17, 15) is 0 Å². The Balaban J connectivity index is 0.976. The van der Waals surface area contributed by atoms with Gasteiger partial charge in [0.2, 0.25) is 0 Å². The number of fused-ring (bicyclic) bond motifs is 12. The molecule has 0 radical (unpaired) electrons. The summed E-state index contributed by atoms with van der Waals surface area (Å²) < 4.78 is 5.10. The van der Waals surface area contributed by atoms with E-state index in [-0.39, 0.29) is 6.17 Å². The Bertz CT molecular complexity index is 3430. The van der Waals surface area contributed by atoms with Crippen LogP contribution in [-0.2, 0) is 0 Å². The molecular formula is C51H31N3S2. The van der Waals surface area contributed by atoms with Gasteiger partial charge in [-0.15, -0.1) is 22.7 Å². The van der Waals surface area contributed by atoms with Crippen LogP contribution >= 0.6 is 22.7 Å². The van der Waals surface area contributed by atoms with Gasteiger partial charge in [-0.25, -0.2) is 9.98 Å². The summed E-state index contributed by atoms with van der Waals surface area (Å²) in [6.07, 6.45) is -0.301. The predicted molar refractivity (Wildman–Crippen MR) is 242 cm³/mol. The van der Waals surface area contributed by atoms with Gasteiger partial charge in [0, 0.05) is 51.5 Å². The van der Waals surface area contributed by atoms with Crippen molar-refractivity contribution in [3.63, 3.8) is 0 Å². The summed E-state index contributed by atoms with van der Waals surface area (Å²) in [5.41, 5.74) is 5.65.